The SMILES string of the molecule is c1ccc(-c2ccccc2-c2nc(-c3ccc4c5ccccc5n(-c5cccc6oc7ccccc7c56)c4c3)nc(-n3c4ccccc4c4ccccc43)n2)cc1. The van der Waals surface area contributed by atoms with E-state index in [0.717, 1.165) is 88.1 Å². The first-order chi connectivity index (χ1) is 28.3. The van der Waals surface area contributed by atoms with E-state index in [0.29, 0.717) is 17.6 Å². The molecule has 0 saturated carbocycles. The summed E-state index contributed by atoms with van der Waals surface area (Å²) in [6.45, 7) is 0. The number of hydrogen-bond acceptors (Lipinski definition) is 4. The van der Waals surface area contributed by atoms with Crippen molar-refractivity contribution < 1.29 is 4.42 Å². The molecule has 0 fully saturated rings. The molecule has 0 aliphatic carbocycles. The van der Waals surface area contributed by atoms with Crippen LogP contribution in [0, 0.1) is 0 Å². The minimum atomic E-state index is 0.561. The van der Waals surface area contributed by atoms with E-state index in [1.54, 1.807) is 0 Å². The number of nitrogens with zero attached hydrogens (tertiary/aromatic N) is 5. The van der Waals surface area contributed by atoms with E-state index in [-0.39, 0.29) is 0 Å². The van der Waals surface area contributed by atoms with Crippen LogP contribution in [0.25, 0.3) is 111 Å². The summed E-state index contributed by atoms with van der Waals surface area (Å²) in [5.74, 6) is 1.75. The Hall–Kier alpha value is -7.83. The molecule has 0 unspecified atom stereocenters. The molecule has 12 rings (SSSR count). The number of fused-ring (bicyclic) bond motifs is 9. The first-order valence-corrected chi connectivity index (χ1v) is 19.1. The van der Waals surface area contributed by atoms with E-state index in [1.165, 1.54) is 5.39 Å². The molecule has 0 bridgehead atoms. The third kappa shape index (κ3) is 4.81. The van der Waals surface area contributed by atoms with Crippen molar-refractivity contribution in [2.24, 2.45) is 0 Å². The second-order valence-electron chi connectivity index (χ2n) is 14.4. The fourth-order valence-electron chi connectivity index (χ4n) is 8.71. The van der Waals surface area contributed by atoms with Crippen LogP contribution >= 0.6 is 0 Å². The summed E-state index contributed by atoms with van der Waals surface area (Å²) in [7, 11) is 0. The Labute approximate surface area is 326 Å². The lowest BCUT2D eigenvalue weighted by Gasteiger charge is -2.14. The van der Waals surface area contributed by atoms with Crippen molar-refractivity contribution in [3.05, 3.63) is 188 Å². The summed E-state index contributed by atoms with van der Waals surface area (Å²) >= 11 is 0. The van der Waals surface area contributed by atoms with Gasteiger partial charge >= 0.3 is 0 Å². The van der Waals surface area contributed by atoms with E-state index in [4.69, 9.17) is 19.4 Å². The van der Waals surface area contributed by atoms with Gasteiger partial charge in [0.25, 0.3) is 0 Å². The average Bonchev–Trinajstić information content (AvgIpc) is 3.94. The molecule has 6 heteroatoms. The van der Waals surface area contributed by atoms with Crippen LogP contribution in [0.3, 0.4) is 0 Å². The molecule has 57 heavy (non-hydrogen) atoms. The minimum absolute atomic E-state index is 0.561. The Bertz CT molecular complexity index is 3490. The van der Waals surface area contributed by atoms with E-state index in [1.807, 2.05) is 24.3 Å². The fourth-order valence-corrected chi connectivity index (χ4v) is 8.71. The number of furan rings is 1. The van der Waals surface area contributed by atoms with Crippen LogP contribution < -0.4 is 0 Å². The van der Waals surface area contributed by atoms with E-state index < -0.39 is 0 Å². The van der Waals surface area contributed by atoms with Gasteiger partial charge in [-0.3, -0.25) is 4.57 Å². The van der Waals surface area contributed by atoms with Crippen LogP contribution in [0.5, 0.6) is 0 Å². The summed E-state index contributed by atoms with van der Waals surface area (Å²) in [6, 6.07) is 65.5. The van der Waals surface area contributed by atoms with Gasteiger partial charge in [0.05, 0.1) is 33.1 Å². The highest BCUT2D eigenvalue weighted by atomic mass is 16.3. The van der Waals surface area contributed by atoms with E-state index in [9.17, 15) is 0 Å². The van der Waals surface area contributed by atoms with Gasteiger partial charge in [-0.25, -0.2) is 4.98 Å². The summed E-state index contributed by atoms with van der Waals surface area (Å²) in [4.78, 5) is 16.0. The quantitative estimate of drug-likeness (QED) is 0.177. The minimum Gasteiger partial charge on any atom is -0.456 e. The number of aromatic nitrogens is 5. The summed E-state index contributed by atoms with van der Waals surface area (Å²) < 4.78 is 10.9. The normalized spacial score (nSPS) is 11.9. The van der Waals surface area contributed by atoms with Crippen molar-refractivity contribution in [1.29, 1.82) is 0 Å². The Morgan fingerprint density at radius 1 is 0.351 bits per heavy atom. The second-order valence-corrected chi connectivity index (χ2v) is 14.4. The van der Waals surface area contributed by atoms with Gasteiger partial charge in [0.2, 0.25) is 5.95 Å². The Morgan fingerprint density at radius 2 is 0.912 bits per heavy atom. The zero-order valence-corrected chi connectivity index (χ0v) is 30.5. The molecular weight excluding hydrogens is 699 g/mol. The second kappa shape index (κ2) is 12.3. The predicted molar refractivity (Wildman–Crippen MR) is 232 cm³/mol. The third-order valence-corrected chi connectivity index (χ3v) is 11.2. The zero-order chi connectivity index (χ0) is 37.5. The summed E-state index contributed by atoms with van der Waals surface area (Å²) in [5.41, 5.74) is 11.0. The van der Waals surface area contributed by atoms with Crippen LogP contribution in [0.15, 0.2) is 192 Å². The lowest BCUT2D eigenvalue weighted by atomic mass is 9.99. The monoisotopic (exact) mass is 729 g/mol. The van der Waals surface area contributed by atoms with Crippen LogP contribution in [0.4, 0.5) is 0 Å². The molecule has 6 nitrogen and oxygen atoms in total. The van der Waals surface area contributed by atoms with Crippen molar-refractivity contribution in [3.63, 3.8) is 0 Å². The molecule has 0 amide bonds. The standard InChI is InChI=1S/C51H31N5O/c1-2-15-32(16-3-1)34-17-4-5-21-39(34)50-52-49(53-51(54-50)56-42-24-11-7-18-35(42)36-19-8-12-25-43(36)56)33-29-30-38-37-20-6-10-23-41(37)55(45(38)31-33)44-26-14-28-47-48(44)40-22-9-13-27-46(40)57-47/h1-31H. The molecule has 0 atom stereocenters. The molecule has 0 saturated heterocycles. The van der Waals surface area contributed by atoms with Gasteiger partial charge in [0, 0.05) is 38.1 Å². The zero-order valence-electron chi connectivity index (χ0n) is 30.5. The Balaban J connectivity index is 1.15. The maximum Gasteiger partial charge on any atom is 0.238 e. The third-order valence-electron chi connectivity index (χ3n) is 11.2. The first-order valence-electron chi connectivity index (χ1n) is 19.1. The molecule has 0 radical (unpaired) electrons. The molecule has 0 aliphatic heterocycles. The van der Waals surface area contributed by atoms with Gasteiger partial charge in [-0.2, -0.15) is 9.97 Å². The fraction of sp³-hybridized carbons (Fsp3) is 0. The number of para-hydroxylation sites is 4. The average molecular weight is 730 g/mol. The van der Waals surface area contributed by atoms with Crippen LogP contribution in [0.2, 0.25) is 0 Å². The lowest BCUT2D eigenvalue weighted by Crippen LogP contribution is -2.07. The van der Waals surface area contributed by atoms with Gasteiger partial charge in [0.1, 0.15) is 11.2 Å². The smallest absolute Gasteiger partial charge is 0.238 e. The molecule has 12 aromatic rings. The Morgan fingerprint density at radius 3 is 1.65 bits per heavy atom. The molecular formula is C51H31N5O. The van der Waals surface area contributed by atoms with Crippen LogP contribution in [-0.4, -0.2) is 24.1 Å². The number of hydrogen-bond donors (Lipinski definition) is 0. The van der Waals surface area contributed by atoms with Gasteiger partial charge in [-0.1, -0.05) is 146 Å². The highest BCUT2D eigenvalue weighted by Crippen LogP contribution is 2.40. The van der Waals surface area contributed by atoms with Gasteiger partial charge in [-0.05, 0) is 53.6 Å². The molecule has 4 aromatic heterocycles. The maximum atomic E-state index is 6.37. The predicted octanol–water partition coefficient (Wildman–Crippen LogP) is 13.0. The molecule has 0 N–H and O–H groups in total. The lowest BCUT2D eigenvalue weighted by molar-refractivity contribution is 0.669. The topological polar surface area (TPSA) is 61.7 Å². The molecule has 0 spiro atoms. The van der Waals surface area contributed by atoms with Crippen molar-refractivity contribution in [3.8, 4) is 45.5 Å². The van der Waals surface area contributed by atoms with Gasteiger partial charge < -0.3 is 8.98 Å². The van der Waals surface area contributed by atoms with E-state index >= 15 is 0 Å². The van der Waals surface area contributed by atoms with Gasteiger partial charge in [0.15, 0.2) is 11.6 Å². The van der Waals surface area contributed by atoms with E-state index in [2.05, 4.69) is 173 Å². The summed E-state index contributed by atoms with van der Waals surface area (Å²) in [5, 5.41) is 6.77. The van der Waals surface area contributed by atoms with Crippen molar-refractivity contribution in [2.75, 3.05) is 0 Å². The first kappa shape index (κ1) is 31.5. The van der Waals surface area contributed by atoms with Crippen LogP contribution in [-0.2, 0) is 0 Å². The number of rotatable bonds is 5. The summed E-state index contributed by atoms with van der Waals surface area (Å²) in [6.07, 6.45) is 0. The van der Waals surface area contributed by atoms with Crippen LogP contribution in [0.1, 0.15) is 0 Å². The molecule has 4 heterocycles. The molecule has 266 valence electrons. The van der Waals surface area contributed by atoms with Crippen molar-refractivity contribution >= 4 is 65.6 Å². The largest absolute Gasteiger partial charge is 0.456 e. The van der Waals surface area contributed by atoms with Crippen molar-refractivity contribution in [1.82, 2.24) is 24.1 Å². The molecule has 8 aromatic carbocycles. The van der Waals surface area contributed by atoms with Gasteiger partial charge in [-0.15, -0.1) is 0 Å². The van der Waals surface area contributed by atoms with Crippen molar-refractivity contribution in [2.45, 2.75) is 0 Å². The Kier molecular flexibility index (Phi) is 6.83. The number of benzene rings is 8. The maximum absolute atomic E-state index is 6.37. The highest BCUT2D eigenvalue weighted by molar-refractivity contribution is 6.15. The molecule has 0 aliphatic rings. The highest BCUT2D eigenvalue weighted by Gasteiger charge is 2.22.